The Morgan fingerprint density at radius 3 is 2.86 bits per heavy atom. The third-order valence-corrected chi connectivity index (χ3v) is 4.82. The predicted molar refractivity (Wildman–Crippen MR) is 80.7 cm³/mol. The Balaban J connectivity index is 1.44. The lowest BCUT2D eigenvalue weighted by molar-refractivity contribution is -0.146. The van der Waals surface area contributed by atoms with Gasteiger partial charge in [-0.05, 0) is 18.6 Å². The van der Waals surface area contributed by atoms with E-state index in [9.17, 15) is 4.79 Å². The molecule has 118 valence electrons. The fourth-order valence-corrected chi connectivity index (χ4v) is 3.70. The second-order valence-corrected chi connectivity index (χ2v) is 6.07. The van der Waals surface area contributed by atoms with Gasteiger partial charge in [0.2, 0.25) is 0 Å². The minimum atomic E-state index is -0.306. The highest BCUT2D eigenvalue weighted by molar-refractivity contribution is 5.81. The van der Waals surface area contributed by atoms with Crippen molar-refractivity contribution in [2.45, 2.75) is 31.1 Å². The summed E-state index contributed by atoms with van der Waals surface area (Å²) in [7, 11) is 0. The Bertz CT molecular complexity index is 533. The van der Waals surface area contributed by atoms with Crippen LogP contribution >= 0.6 is 0 Å². The molecular weight excluding hydrogens is 282 g/mol. The molecule has 3 aliphatic heterocycles. The molecule has 6 heteroatoms. The molecule has 0 radical (unpaired) electrons. The summed E-state index contributed by atoms with van der Waals surface area (Å²) in [6, 6.07) is 6.22. The zero-order chi connectivity index (χ0) is 14.9. The molecule has 3 saturated heterocycles. The average Bonchev–Trinajstić information content (AvgIpc) is 3.16. The number of carbonyl (C=O) groups is 1. The number of anilines is 1. The summed E-state index contributed by atoms with van der Waals surface area (Å²) < 4.78 is 11.4. The number of morpholine rings is 1. The molecule has 0 aliphatic carbocycles. The number of hydrogen-bond acceptors (Lipinski definition) is 5. The highest BCUT2D eigenvalue weighted by atomic mass is 16.5. The van der Waals surface area contributed by atoms with Crippen LogP contribution in [-0.2, 0) is 14.3 Å². The molecule has 4 rings (SSSR count). The van der Waals surface area contributed by atoms with Crippen LogP contribution in [-0.4, -0.2) is 66.9 Å². The van der Waals surface area contributed by atoms with E-state index in [1.807, 2.05) is 29.3 Å². The number of pyridine rings is 1. The summed E-state index contributed by atoms with van der Waals surface area (Å²) in [4.78, 5) is 21.2. The standard InChI is InChI=1S/C16H21N3O3/c20-16(18-7-9-21-10-8-18)14-11-12-13(22-14)4-6-19(12)15-3-1-2-5-17-15/h1-3,5,12-14H,4,6-11H2/t12-,13-,14-/m0/s1. The fraction of sp³-hybridized carbons (Fsp3) is 0.625. The van der Waals surface area contributed by atoms with Crippen molar-refractivity contribution < 1.29 is 14.3 Å². The summed E-state index contributed by atoms with van der Waals surface area (Å²) in [6.07, 6.45) is 3.39. The first-order valence-corrected chi connectivity index (χ1v) is 8.02. The van der Waals surface area contributed by atoms with Crippen LogP contribution in [0.25, 0.3) is 0 Å². The topological polar surface area (TPSA) is 54.9 Å². The van der Waals surface area contributed by atoms with Crippen LogP contribution < -0.4 is 4.90 Å². The predicted octanol–water partition coefficient (Wildman–Crippen LogP) is 0.677. The molecule has 6 nitrogen and oxygen atoms in total. The number of fused-ring (bicyclic) bond motifs is 1. The number of amides is 1. The second-order valence-electron chi connectivity index (χ2n) is 6.07. The Morgan fingerprint density at radius 1 is 1.23 bits per heavy atom. The van der Waals surface area contributed by atoms with Gasteiger partial charge in [0.15, 0.2) is 0 Å². The zero-order valence-electron chi connectivity index (χ0n) is 12.6. The second kappa shape index (κ2) is 5.85. The molecule has 3 atom stereocenters. The van der Waals surface area contributed by atoms with Gasteiger partial charge in [0, 0.05) is 32.3 Å². The molecule has 22 heavy (non-hydrogen) atoms. The molecule has 0 unspecified atom stereocenters. The number of carbonyl (C=O) groups excluding carboxylic acids is 1. The number of rotatable bonds is 2. The molecular formula is C16H21N3O3. The molecule has 4 heterocycles. The summed E-state index contributed by atoms with van der Waals surface area (Å²) in [5.41, 5.74) is 0. The van der Waals surface area contributed by atoms with E-state index in [2.05, 4.69) is 9.88 Å². The number of aromatic nitrogens is 1. The van der Waals surface area contributed by atoms with Crippen LogP contribution in [0.5, 0.6) is 0 Å². The van der Waals surface area contributed by atoms with Crippen molar-refractivity contribution in [1.29, 1.82) is 0 Å². The van der Waals surface area contributed by atoms with E-state index in [1.165, 1.54) is 0 Å². The van der Waals surface area contributed by atoms with Crippen LogP contribution in [0.4, 0.5) is 5.82 Å². The van der Waals surface area contributed by atoms with Gasteiger partial charge in [0.05, 0.1) is 25.4 Å². The Kier molecular flexibility index (Phi) is 3.72. The molecule has 0 aromatic carbocycles. The monoisotopic (exact) mass is 303 g/mol. The van der Waals surface area contributed by atoms with E-state index in [1.54, 1.807) is 0 Å². The van der Waals surface area contributed by atoms with E-state index < -0.39 is 0 Å². The van der Waals surface area contributed by atoms with Crippen LogP contribution in [0.1, 0.15) is 12.8 Å². The lowest BCUT2D eigenvalue weighted by Gasteiger charge is -2.29. The maximum absolute atomic E-state index is 12.6. The van der Waals surface area contributed by atoms with Crippen molar-refractivity contribution in [2.75, 3.05) is 37.7 Å². The van der Waals surface area contributed by atoms with Crippen LogP contribution in [0.3, 0.4) is 0 Å². The lowest BCUT2D eigenvalue weighted by Crippen LogP contribution is -2.46. The van der Waals surface area contributed by atoms with Crippen molar-refractivity contribution in [2.24, 2.45) is 0 Å². The highest BCUT2D eigenvalue weighted by Crippen LogP contribution is 2.35. The molecule has 0 spiro atoms. The van der Waals surface area contributed by atoms with Gasteiger partial charge in [0.25, 0.3) is 5.91 Å². The number of hydrogen-bond donors (Lipinski definition) is 0. The SMILES string of the molecule is O=C([C@@H]1C[C@H]2[C@H](CCN2c2ccccn2)O1)N1CCOCC1. The summed E-state index contributed by atoms with van der Waals surface area (Å²) in [6.45, 7) is 3.57. The first-order chi connectivity index (χ1) is 10.8. The van der Waals surface area contributed by atoms with E-state index in [-0.39, 0.29) is 24.2 Å². The average molecular weight is 303 g/mol. The summed E-state index contributed by atoms with van der Waals surface area (Å²) >= 11 is 0. The van der Waals surface area contributed by atoms with Gasteiger partial charge in [-0.2, -0.15) is 0 Å². The third-order valence-electron chi connectivity index (χ3n) is 4.82. The summed E-state index contributed by atoms with van der Waals surface area (Å²) in [5, 5.41) is 0. The van der Waals surface area contributed by atoms with E-state index in [4.69, 9.17) is 9.47 Å². The van der Waals surface area contributed by atoms with Gasteiger partial charge in [-0.15, -0.1) is 0 Å². The largest absolute Gasteiger partial charge is 0.378 e. The first-order valence-electron chi connectivity index (χ1n) is 8.02. The Hall–Kier alpha value is -1.66. The molecule has 1 amide bonds. The Morgan fingerprint density at radius 2 is 2.09 bits per heavy atom. The fourth-order valence-electron chi connectivity index (χ4n) is 3.70. The van der Waals surface area contributed by atoms with Gasteiger partial charge in [-0.25, -0.2) is 4.98 Å². The molecule has 1 aromatic rings. The quantitative estimate of drug-likeness (QED) is 0.804. The van der Waals surface area contributed by atoms with Gasteiger partial charge >= 0.3 is 0 Å². The summed E-state index contributed by atoms with van der Waals surface area (Å²) in [5.74, 6) is 1.11. The Labute approximate surface area is 130 Å². The van der Waals surface area contributed by atoms with Crippen molar-refractivity contribution in [3.63, 3.8) is 0 Å². The molecule has 1 aromatic heterocycles. The molecule has 0 bridgehead atoms. The van der Waals surface area contributed by atoms with Crippen molar-refractivity contribution in [3.8, 4) is 0 Å². The van der Waals surface area contributed by atoms with E-state index >= 15 is 0 Å². The minimum absolute atomic E-state index is 0.124. The highest BCUT2D eigenvalue weighted by Gasteiger charge is 2.47. The molecule has 0 N–H and O–H groups in total. The molecule has 0 saturated carbocycles. The van der Waals surface area contributed by atoms with Gasteiger partial charge in [0.1, 0.15) is 11.9 Å². The van der Waals surface area contributed by atoms with Crippen LogP contribution in [0.2, 0.25) is 0 Å². The zero-order valence-corrected chi connectivity index (χ0v) is 12.6. The maximum Gasteiger partial charge on any atom is 0.251 e. The van der Waals surface area contributed by atoms with Crippen molar-refractivity contribution >= 4 is 11.7 Å². The first kappa shape index (κ1) is 14.0. The molecule has 3 fully saturated rings. The third kappa shape index (κ3) is 2.46. The van der Waals surface area contributed by atoms with Gasteiger partial charge < -0.3 is 19.3 Å². The van der Waals surface area contributed by atoms with E-state index in [0.717, 1.165) is 25.2 Å². The van der Waals surface area contributed by atoms with Crippen molar-refractivity contribution in [3.05, 3.63) is 24.4 Å². The lowest BCUT2D eigenvalue weighted by atomic mass is 10.1. The molecule has 3 aliphatic rings. The number of ether oxygens (including phenoxy) is 2. The number of nitrogens with zero attached hydrogens (tertiary/aromatic N) is 3. The van der Waals surface area contributed by atoms with E-state index in [0.29, 0.717) is 26.3 Å². The minimum Gasteiger partial charge on any atom is -0.378 e. The van der Waals surface area contributed by atoms with Gasteiger partial charge in [-0.3, -0.25) is 4.79 Å². The normalized spacial score (nSPS) is 31.4. The van der Waals surface area contributed by atoms with Gasteiger partial charge in [-0.1, -0.05) is 6.07 Å². The van der Waals surface area contributed by atoms with Crippen molar-refractivity contribution in [1.82, 2.24) is 9.88 Å². The maximum atomic E-state index is 12.6. The van der Waals surface area contributed by atoms with Crippen LogP contribution in [0.15, 0.2) is 24.4 Å². The smallest absolute Gasteiger partial charge is 0.251 e. The van der Waals surface area contributed by atoms with Crippen LogP contribution in [0, 0.1) is 0 Å².